The van der Waals surface area contributed by atoms with Gasteiger partial charge in [-0.2, -0.15) is 0 Å². The van der Waals surface area contributed by atoms with Crippen LogP contribution in [0.1, 0.15) is 41.9 Å². The molecule has 4 rings (SSSR count). The van der Waals surface area contributed by atoms with Gasteiger partial charge in [-0.3, -0.25) is 0 Å². The number of rotatable bonds is 4. The standard InChI is InChI=1S/C22H24O4/c1-13-2-8-18-20(9-5-14-3-6-16(24)7-4-14)26-22-15(12-23)10-17(25)11-19(22)21(13)18/h3-4,6-7,10-11,18,20-21,23-25H,1-2,5,8-9,12H2/t18-,20+,21-/m1/s1. The van der Waals surface area contributed by atoms with Crippen molar-refractivity contribution in [2.75, 3.05) is 0 Å². The summed E-state index contributed by atoms with van der Waals surface area (Å²) in [5, 5.41) is 29.2. The number of benzene rings is 2. The molecule has 1 aliphatic heterocycles. The number of hydrogen-bond donors (Lipinski definition) is 3. The summed E-state index contributed by atoms with van der Waals surface area (Å²) in [6.07, 6.45) is 3.79. The molecule has 26 heavy (non-hydrogen) atoms. The van der Waals surface area contributed by atoms with Crippen molar-refractivity contribution in [1.29, 1.82) is 0 Å². The number of hydrogen-bond acceptors (Lipinski definition) is 4. The Morgan fingerprint density at radius 3 is 2.58 bits per heavy atom. The third-order valence-electron chi connectivity index (χ3n) is 5.75. The van der Waals surface area contributed by atoms with Gasteiger partial charge < -0.3 is 20.1 Å². The van der Waals surface area contributed by atoms with Crippen molar-refractivity contribution in [3.63, 3.8) is 0 Å². The van der Waals surface area contributed by atoms with Crippen molar-refractivity contribution < 1.29 is 20.1 Å². The second-order valence-electron chi connectivity index (χ2n) is 7.38. The highest BCUT2D eigenvalue weighted by Crippen LogP contribution is 2.53. The van der Waals surface area contributed by atoms with Crippen molar-refractivity contribution in [3.05, 3.63) is 65.2 Å². The smallest absolute Gasteiger partial charge is 0.129 e. The summed E-state index contributed by atoms with van der Waals surface area (Å²) in [4.78, 5) is 0. The molecular formula is C22H24O4. The van der Waals surface area contributed by atoms with Gasteiger partial charge in [0.2, 0.25) is 0 Å². The quantitative estimate of drug-likeness (QED) is 0.727. The minimum absolute atomic E-state index is 0.0513. The molecule has 2 aromatic rings. The molecule has 1 aliphatic carbocycles. The maximum atomic E-state index is 10.0. The Kier molecular flexibility index (Phi) is 4.37. The zero-order valence-corrected chi connectivity index (χ0v) is 14.7. The first-order chi connectivity index (χ1) is 12.6. The highest BCUT2D eigenvalue weighted by molar-refractivity contribution is 5.53. The van der Waals surface area contributed by atoms with Crippen molar-refractivity contribution in [2.45, 2.75) is 44.3 Å². The molecule has 2 aliphatic rings. The number of aromatic hydroxyl groups is 2. The van der Waals surface area contributed by atoms with E-state index in [9.17, 15) is 15.3 Å². The van der Waals surface area contributed by atoms with Gasteiger partial charge in [-0.25, -0.2) is 0 Å². The Balaban J connectivity index is 1.63. The van der Waals surface area contributed by atoms with Crippen molar-refractivity contribution in [1.82, 2.24) is 0 Å². The van der Waals surface area contributed by atoms with Crippen LogP contribution in [-0.2, 0) is 13.0 Å². The van der Waals surface area contributed by atoms with E-state index in [-0.39, 0.29) is 30.1 Å². The molecule has 0 amide bonds. The Bertz CT molecular complexity index is 825. The molecule has 0 bridgehead atoms. The van der Waals surface area contributed by atoms with E-state index >= 15 is 0 Å². The third kappa shape index (κ3) is 2.95. The van der Waals surface area contributed by atoms with Gasteiger partial charge in [0.15, 0.2) is 0 Å². The summed E-state index contributed by atoms with van der Waals surface area (Å²) < 4.78 is 6.36. The largest absolute Gasteiger partial charge is 0.508 e. The van der Waals surface area contributed by atoms with E-state index in [1.54, 1.807) is 24.3 Å². The molecule has 0 unspecified atom stereocenters. The molecule has 3 atom stereocenters. The maximum absolute atomic E-state index is 10.0. The zero-order valence-electron chi connectivity index (χ0n) is 14.7. The molecule has 0 saturated heterocycles. The Labute approximate surface area is 153 Å². The minimum Gasteiger partial charge on any atom is -0.508 e. The Morgan fingerprint density at radius 1 is 1.08 bits per heavy atom. The fourth-order valence-corrected chi connectivity index (χ4v) is 4.50. The number of ether oxygens (including phenoxy) is 1. The topological polar surface area (TPSA) is 69.9 Å². The molecule has 1 saturated carbocycles. The van der Waals surface area contributed by atoms with E-state index in [0.29, 0.717) is 17.2 Å². The normalized spacial score (nSPS) is 24.0. The van der Waals surface area contributed by atoms with Crippen LogP contribution in [0, 0.1) is 5.92 Å². The van der Waals surface area contributed by atoms with Crippen LogP contribution in [0.2, 0.25) is 0 Å². The summed E-state index contributed by atoms with van der Waals surface area (Å²) in [6, 6.07) is 10.6. The van der Waals surface area contributed by atoms with E-state index in [4.69, 9.17) is 4.74 Å². The lowest BCUT2D eigenvalue weighted by Gasteiger charge is -2.37. The number of fused-ring (bicyclic) bond motifs is 3. The average Bonchev–Trinajstić information content (AvgIpc) is 3.03. The Morgan fingerprint density at radius 2 is 1.85 bits per heavy atom. The number of phenolic OH excluding ortho intramolecular Hbond substituents is 2. The third-order valence-corrected chi connectivity index (χ3v) is 5.75. The lowest BCUT2D eigenvalue weighted by atomic mass is 9.78. The predicted octanol–water partition coefficient (Wildman–Crippen LogP) is 4.03. The molecule has 4 nitrogen and oxygen atoms in total. The molecule has 2 aromatic carbocycles. The lowest BCUT2D eigenvalue weighted by molar-refractivity contribution is 0.0958. The highest BCUT2D eigenvalue weighted by atomic mass is 16.5. The summed E-state index contributed by atoms with van der Waals surface area (Å²) in [7, 11) is 0. The van der Waals surface area contributed by atoms with Crippen LogP contribution in [0.25, 0.3) is 0 Å². The van der Waals surface area contributed by atoms with Crippen LogP contribution in [-0.4, -0.2) is 21.4 Å². The summed E-state index contributed by atoms with van der Waals surface area (Å²) in [5.74, 6) is 1.68. The van der Waals surface area contributed by atoms with Gasteiger partial charge in [0.05, 0.1) is 6.61 Å². The van der Waals surface area contributed by atoms with Gasteiger partial charge in [0.25, 0.3) is 0 Å². The average molecular weight is 352 g/mol. The van der Waals surface area contributed by atoms with E-state index < -0.39 is 0 Å². The number of aliphatic hydroxyl groups is 1. The van der Waals surface area contributed by atoms with Crippen LogP contribution < -0.4 is 4.74 Å². The van der Waals surface area contributed by atoms with Crippen molar-refractivity contribution in [3.8, 4) is 17.2 Å². The highest BCUT2D eigenvalue weighted by Gasteiger charge is 2.43. The number of allylic oxidation sites excluding steroid dienone is 1. The van der Waals surface area contributed by atoms with Gasteiger partial charge >= 0.3 is 0 Å². The van der Waals surface area contributed by atoms with E-state index in [1.165, 1.54) is 11.1 Å². The molecule has 0 spiro atoms. The van der Waals surface area contributed by atoms with Crippen LogP contribution in [0.15, 0.2) is 48.6 Å². The van der Waals surface area contributed by atoms with Gasteiger partial charge in [0.1, 0.15) is 23.4 Å². The summed E-state index contributed by atoms with van der Waals surface area (Å²) in [5.41, 5.74) is 3.94. The van der Waals surface area contributed by atoms with E-state index in [2.05, 4.69) is 6.58 Å². The number of phenols is 2. The second kappa shape index (κ2) is 6.69. The molecule has 0 aromatic heterocycles. The molecule has 0 radical (unpaired) electrons. The van der Waals surface area contributed by atoms with Crippen LogP contribution in [0.3, 0.4) is 0 Å². The fraction of sp³-hybridized carbons (Fsp3) is 0.364. The van der Waals surface area contributed by atoms with Crippen LogP contribution in [0.4, 0.5) is 0 Å². The van der Waals surface area contributed by atoms with E-state index in [0.717, 1.165) is 31.2 Å². The lowest BCUT2D eigenvalue weighted by Crippen LogP contribution is -2.34. The number of aryl methyl sites for hydroxylation is 1. The van der Waals surface area contributed by atoms with Crippen molar-refractivity contribution in [2.24, 2.45) is 5.92 Å². The first kappa shape index (κ1) is 17.0. The van der Waals surface area contributed by atoms with Gasteiger partial charge in [0, 0.05) is 23.0 Å². The fourth-order valence-electron chi connectivity index (χ4n) is 4.50. The zero-order chi connectivity index (χ0) is 18.3. The van der Waals surface area contributed by atoms with E-state index in [1.807, 2.05) is 12.1 Å². The van der Waals surface area contributed by atoms with Crippen LogP contribution in [0.5, 0.6) is 17.2 Å². The SMILES string of the molecule is C=C1CC[C@@H]2[C@H](CCc3ccc(O)cc3)Oc3c(CO)cc(O)cc3[C@H]12. The van der Waals surface area contributed by atoms with Gasteiger partial charge in [-0.1, -0.05) is 24.3 Å². The first-order valence-electron chi connectivity index (χ1n) is 9.15. The molecule has 3 N–H and O–H groups in total. The minimum atomic E-state index is -0.161. The van der Waals surface area contributed by atoms with Gasteiger partial charge in [-0.15, -0.1) is 0 Å². The maximum Gasteiger partial charge on any atom is 0.129 e. The monoisotopic (exact) mass is 352 g/mol. The predicted molar refractivity (Wildman–Crippen MR) is 99.5 cm³/mol. The van der Waals surface area contributed by atoms with Gasteiger partial charge in [-0.05, 0) is 55.5 Å². The molecule has 1 heterocycles. The molecule has 4 heteroatoms. The molecular weight excluding hydrogens is 328 g/mol. The Hall–Kier alpha value is -2.46. The van der Waals surface area contributed by atoms with Crippen LogP contribution >= 0.6 is 0 Å². The second-order valence-corrected chi connectivity index (χ2v) is 7.38. The molecule has 136 valence electrons. The first-order valence-corrected chi connectivity index (χ1v) is 9.15. The summed E-state index contributed by atoms with van der Waals surface area (Å²) in [6.45, 7) is 4.10. The van der Waals surface area contributed by atoms with Crippen molar-refractivity contribution >= 4 is 0 Å². The molecule has 1 fully saturated rings. The number of aliphatic hydroxyl groups excluding tert-OH is 1. The summed E-state index contributed by atoms with van der Waals surface area (Å²) >= 11 is 0.